The highest BCUT2D eigenvalue weighted by Gasteiger charge is 2.21. The first-order valence-corrected chi connectivity index (χ1v) is 6.04. The zero-order valence-corrected chi connectivity index (χ0v) is 9.82. The van der Waals surface area contributed by atoms with Crippen LogP contribution in [0.3, 0.4) is 0 Å². The summed E-state index contributed by atoms with van der Waals surface area (Å²) in [5.74, 6) is 1.44. The van der Waals surface area contributed by atoms with E-state index < -0.39 is 0 Å². The molecule has 1 heterocycles. The lowest BCUT2D eigenvalue weighted by Gasteiger charge is -2.28. The van der Waals surface area contributed by atoms with Crippen LogP contribution in [0.1, 0.15) is 31.2 Å². The normalized spacial score (nSPS) is 25.4. The summed E-state index contributed by atoms with van der Waals surface area (Å²) in [6.07, 6.45) is 6.73. The van der Waals surface area contributed by atoms with Crippen molar-refractivity contribution in [2.45, 2.75) is 38.6 Å². The smallest absolute Gasteiger partial charge is 0.148 e. The summed E-state index contributed by atoms with van der Waals surface area (Å²) in [5, 5.41) is 11.3. The molecule has 0 amide bonds. The third-order valence-electron chi connectivity index (χ3n) is 3.30. The first-order valence-electron chi connectivity index (χ1n) is 6.04. The van der Waals surface area contributed by atoms with Gasteiger partial charge in [-0.15, -0.1) is 5.10 Å². The van der Waals surface area contributed by atoms with E-state index in [0.717, 1.165) is 24.3 Å². The van der Waals surface area contributed by atoms with Gasteiger partial charge in [0.05, 0.1) is 6.20 Å². The third-order valence-corrected chi connectivity index (χ3v) is 3.30. The van der Waals surface area contributed by atoms with Crippen LogP contribution in [0.15, 0.2) is 12.3 Å². The van der Waals surface area contributed by atoms with E-state index >= 15 is 0 Å². The zero-order chi connectivity index (χ0) is 11.4. The predicted molar refractivity (Wildman–Crippen MR) is 65.2 cm³/mol. The highest BCUT2D eigenvalue weighted by atomic mass is 15.2. The van der Waals surface area contributed by atoms with Crippen LogP contribution in [-0.4, -0.2) is 22.8 Å². The maximum absolute atomic E-state index is 6.10. The van der Waals surface area contributed by atoms with Crippen molar-refractivity contribution in [3.8, 4) is 0 Å². The van der Waals surface area contributed by atoms with Gasteiger partial charge in [-0.05, 0) is 37.3 Å². The molecule has 0 radical (unpaired) electrons. The van der Waals surface area contributed by atoms with Gasteiger partial charge in [0.2, 0.25) is 0 Å². The van der Waals surface area contributed by atoms with Crippen LogP contribution in [0.4, 0.5) is 5.82 Å². The summed E-state index contributed by atoms with van der Waals surface area (Å²) in [7, 11) is 0. The van der Waals surface area contributed by atoms with Gasteiger partial charge in [0.15, 0.2) is 0 Å². The maximum atomic E-state index is 6.10. The molecular formula is C12H20N4. The second kappa shape index (κ2) is 5.25. The Morgan fingerprint density at radius 2 is 2.25 bits per heavy atom. The Balaban J connectivity index is 1.86. The number of hydrogen-bond acceptors (Lipinski definition) is 4. The largest absolute Gasteiger partial charge is 0.368 e. The molecule has 2 unspecified atom stereocenters. The van der Waals surface area contributed by atoms with Crippen LogP contribution in [0.2, 0.25) is 0 Å². The fraction of sp³-hybridized carbons (Fsp3) is 0.667. The van der Waals surface area contributed by atoms with Crippen molar-refractivity contribution in [2.75, 3.05) is 11.9 Å². The highest BCUT2D eigenvalue weighted by Crippen LogP contribution is 2.23. The van der Waals surface area contributed by atoms with Crippen LogP contribution < -0.4 is 11.1 Å². The van der Waals surface area contributed by atoms with Gasteiger partial charge in [0.25, 0.3) is 0 Å². The van der Waals surface area contributed by atoms with Crippen LogP contribution in [0.5, 0.6) is 0 Å². The number of hydrogen-bond donors (Lipinski definition) is 2. The second-order valence-electron chi connectivity index (χ2n) is 4.71. The Morgan fingerprint density at radius 3 is 3.00 bits per heavy atom. The molecular weight excluding hydrogens is 200 g/mol. The Morgan fingerprint density at radius 1 is 1.44 bits per heavy atom. The van der Waals surface area contributed by atoms with Gasteiger partial charge in [-0.1, -0.05) is 12.8 Å². The van der Waals surface area contributed by atoms with Crippen molar-refractivity contribution < 1.29 is 0 Å². The first kappa shape index (κ1) is 11.3. The quantitative estimate of drug-likeness (QED) is 0.814. The van der Waals surface area contributed by atoms with Gasteiger partial charge >= 0.3 is 0 Å². The standard InChI is InChI=1S/C12H20N4/c1-9-6-12(16-15-7-9)14-8-10-4-2-3-5-11(10)13/h6-7,10-11H,2-5,8,13H2,1H3,(H,14,16). The van der Waals surface area contributed by atoms with Crippen molar-refractivity contribution in [2.24, 2.45) is 11.7 Å². The third kappa shape index (κ3) is 2.92. The number of aryl methyl sites for hydroxylation is 1. The van der Waals surface area contributed by atoms with E-state index in [1.54, 1.807) is 6.20 Å². The number of anilines is 1. The Kier molecular flexibility index (Phi) is 3.72. The molecule has 0 aromatic carbocycles. The minimum absolute atomic E-state index is 0.346. The number of nitrogens with one attached hydrogen (secondary N) is 1. The summed E-state index contributed by atoms with van der Waals surface area (Å²) in [4.78, 5) is 0. The van der Waals surface area contributed by atoms with Crippen molar-refractivity contribution in [1.29, 1.82) is 0 Å². The van der Waals surface area contributed by atoms with Gasteiger partial charge in [0.1, 0.15) is 5.82 Å². The van der Waals surface area contributed by atoms with Gasteiger partial charge < -0.3 is 11.1 Å². The van der Waals surface area contributed by atoms with Gasteiger partial charge in [0, 0.05) is 12.6 Å². The lowest BCUT2D eigenvalue weighted by molar-refractivity contribution is 0.321. The molecule has 16 heavy (non-hydrogen) atoms. The van der Waals surface area contributed by atoms with Crippen molar-refractivity contribution >= 4 is 5.82 Å². The maximum Gasteiger partial charge on any atom is 0.148 e. The molecule has 88 valence electrons. The summed E-state index contributed by atoms with van der Waals surface area (Å²) >= 11 is 0. The predicted octanol–water partition coefficient (Wildman–Crippen LogP) is 1.71. The van der Waals surface area contributed by atoms with Crippen LogP contribution in [0.25, 0.3) is 0 Å². The molecule has 1 aliphatic carbocycles. The average Bonchev–Trinajstić information content (AvgIpc) is 2.28. The fourth-order valence-electron chi connectivity index (χ4n) is 2.28. The van der Waals surface area contributed by atoms with E-state index in [4.69, 9.17) is 5.73 Å². The number of nitrogens with two attached hydrogens (primary N) is 1. The zero-order valence-electron chi connectivity index (χ0n) is 9.82. The lowest BCUT2D eigenvalue weighted by Crippen LogP contribution is -2.37. The minimum atomic E-state index is 0.346. The molecule has 4 nitrogen and oxygen atoms in total. The van der Waals surface area contributed by atoms with Crippen molar-refractivity contribution in [3.05, 3.63) is 17.8 Å². The summed E-state index contributed by atoms with van der Waals surface area (Å²) < 4.78 is 0. The topological polar surface area (TPSA) is 63.8 Å². The molecule has 1 saturated carbocycles. The monoisotopic (exact) mass is 220 g/mol. The molecule has 3 N–H and O–H groups in total. The number of nitrogens with zero attached hydrogens (tertiary/aromatic N) is 2. The van der Waals surface area contributed by atoms with Gasteiger partial charge in [-0.25, -0.2) is 0 Å². The summed E-state index contributed by atoms with van der Waals surface area (Å²) in [6, 6.07) is 2.36. The van der Waals surface area contributed by atoms with E-state index in [1.165, 1.54) is 19.3 Å². The fourth-order valence-corrected chi connectivity index (χ4v) is 2.28. The van der Waals surface area contributed by atoms with E-state index in [1.807, 2.05) is 13.0 Å². The number of rotatable bonds is 3. The first-order chi connectivity index (χ1) is 7.75. The lowest BCUT2D eigenvalue weighted by atomic mass is 9.85. The molecule has 2 rings (SSSR count). The van der Waals surface area contributed by atoms with E-state index in [2.05, 4.69) is 15.5 Å². The van der Waals surface area contributed by atoms with Gasteiger partial charge in [-0.3, -0.25) is 0 Å². The molecule has 0 saturated heterocycles. The van der Waals surface area contributed by atoms with Crippen LogP contribution >= 0.6 is 0 Å². The van der Waals surface area contributed by atoms with Crippen LogP contribution in [0, 0.1) is 12.8 Å². The molecule has 1 aromatic heterocycles. The van der Waals surface area contributed by atoms with Crippen LogP contribution in [-0.2, 0) is 0 Å². The SMILES string of the molecule is Cc1cnnc(NCC2CCCCC2N)c1. The van der Waals surface area contributed by atoms with E-state index in [0.29, 0.717) is 12.0 Å². The molecule has 0 aliphatic heterocycles. The molecule has 1 aromatic rings. The van der Waals surface area contributed by atoms with Crippen molar-refractivity contribution in [1.82, 2.24) is 10.2 Å². The van der Waals surface area contributed by atoms with E-state index in [9.17, 15) is 0 Å². The molecule has 1 aliphatic rings. The number of aromatic nitrogens is 2. The van der Waals surface area contributed by atoms with Crippen molar-refractivity contribution in [3.63, 3.8) is 0 Å². The summed E-state index contributed by atoms with van der Waals surface area (Å²) in [6.45, 7) is 2.94. The highest BCUT2D eigenvalue weighted by molar-refractivity contribution is 5.35. The molecule has 0 bridgehead atoms. The Bertz CT molecular complexity index is 340. The summed E-state index contributed by atoms with van der Waals surface area (Å²) in [5.41, 5.74) is 7.23. The van der Waals surface area contributed by atoms with Gasteiger partial charge in [-0.2, -0.15) is 5.10 Å². The Hall–Kier alpha value is -1.16. The molecule has 4 heteroatoms. The van der Waals surface area contributed by atoms with E-state index in [-0.39, 0.29) is 0 Å². The average molecular weight is 220 g/mol. The Labute approximate surface area is 96.6 Å². The minimum Gasteiger partial charge on any atom is -0.368 e. The second-order valence-corrected chi connectivity index (χ2v) is 4.71. The molecule has 2 atom stereocenters. The molecule has 0 spiro atoms. The molecule has 1 fully saturated rings.